The first-order valence-corrected chi connectivity index (χ1v) is 11.4. The molecular formula is C27H33N4O+. The van der Waals surface area contributed by atoms with Crippen LogP contribution in [0.15, 0.2) is 84.9 Å². The Hall–Kier alpha value is -3.31. The molecule has 3 aromatic rings. The van der Waals surface area contributed by atoms with Crippen LogP contribution < -0.4 is 20.0 Å². The number of amides is 1. The van der Waals surface area contributed by atoms with Crippen LogP contribution in [0.5, 0.6) is 0 Å². The number of quaternary nitrogens is 1. The summed E-state index contributed by atoms with van der Waals surface area (Å²) >= 11 is 0. The van der Waals surface area contributed by atoms with E-state index in [2.05, 4.69) is 64.8 Å². The molecule has 0 saturated carbocycles. The average molecular weight is 430 g/mol. The summed E-state index contributed by atoms with van der Waals surface area (Å²) in [4.78, 5) is 18.6. The van der Waals surface area contributed by atoms with Gasteiger partial charge in [-0.3, -0.25) is 4.79 Å². The maximum Gasteiger partial charge on any atom is 0.248 e. The summed E-state index contributed by atoms with van der Waals surface area (Å²) in [5.41, 5.74) is 4.52. The zero-order valence-corrected chi connectivity index (χ0v) is 19.0. The van der Waals surface area contributed by atoms with Gasteiger partial charge in [0.15, 0.2) is 0 Å². The molecule has 166 valence electrons. The van der Waals surface area contributed by atoms with Gasteiger partial charge in [0.1, 0.15) is 12.6 Å². The Labute approximate surface area is 191 Å². The molecule has 1 amide bonds. The SMILES string of the molecule is C[C@@H](Nc1ccc(N2CC[NH+](Cc3ccccc3)CC2)cc1)C(=O)N(C)c1ccccc1. The van der Waals surface area contributed by atoms with Gasteiger partial charge in [0.05, 0.1) is 26.2 Å². The summed E-state index contributed by atoms with van der Waals surface area (Å²) < 4.78 is 0. The Balaban J connectivity index is 1.28. The molecular weight excluding hydrogens is 396 g/mol. The predicted octanol–water partition coefficient (Wildman–Crippen LogP) is 3.06. The molecule has 0 bridgehead atoms. The van der Waals surface area contributed by atoms with Crippen LogP contribution in [-0.4, -0.2) is 45.2 Å². The lowest BCUT2D eigenvalue weighted by atomic mass is 10.2. The van der Waals surface area contributed by atoms with Crippen molar-refractivity contribution in [2.45, 2.75) is 19.5 Å². The van der Waals surface area contributed by atoms with Crippen LogP contribution in [0.25, 0.3) is 0 Å². The molecule has 5 heteroatoms. The molecule has 4 rings (SSSR count). The number of piperazine rings is 1. The fourth-order valence-corrected chi connectivity index (χ4v) is 4.29. The monoisotopic (exact) mass is 429 g/mol. The van der Waals surface area contributed by atoms with Crippen LogP contribution in [0.4, 0.5) is 17.1 Å². The van der Waals surface area contributed by atoms with E-state index in [0.29, 0.717) is 0 Å². The number of carbonyl (C=O) groups excluding carboxylic acids is 1. The normalized spacial score (nSPS) is 15.2. The fourth-order valence-electron chi connectivity index (χ4n) is 4.29. The Bertz CT molecular complexity index is 983. The molecule has 0 aliphatic carbocycles. The van der Waals surface area contributed by atoms with E-state index in [9.17, 15) is 4.79 Å². The van der Waals surface area contributed by atoms with E-state index in [4.69, 9.17) is 0 Å². The molecule has 0 aromatic heterocycles. The van der Waals surface area contributed by atoms with Crippen LogP contribution in [0.2, 0.25) is 0 Å². The van der Waals surface area contributed by atoms with E-state index in [1.165, 1.54) is 11.3 Å². The van der Waals surface area contributed by atoms with Crippen LogP contribution in [0, 0.1) is 0 Å². The molecule has 3 aromatic carbocycles. The van der Waals surface area contributed by atoms with Crippen molar-refractivity contribution in [3.63, 3.8) is 0 Å². The summed E-state index contributed by atoms with van der Waals surface area (Å²) in [5, 5.41) is 3.34. The van der Waals surface area contributed by atoms with Gasteiger partial charge >= 0.3 is 0 Å². The highest BCUT2D eigenvalue weighted by Gasteiger charge is 2.21. The van der Waals surface area contributed by atoms with Gasteiger partial charge in [-0.2, -0.15) is 0 Å². The number of carbonyl (C=O) groups is 1. The number of nitrogens with zero attached hydrogens (tertiary/aromatic N) is 2. The lowest BCUT2D eigenvalue weighted by Gasteiger charge is -2.33. The first-order chi connectivity index (χ1) is 15.6. The summed E-state index contributed by atoms with van der Waals surface area (Å²) in [5.74, 6) is 0.0396. The zero-order chi connectivity index (χ0) is 22.3. The average Bonchev–Trinajstić information content (AvgIpc) is 2.85. The van der Waals surface area contributed by atoms with Crippen molar-refractivity contribution in [1.82, 2.24) is 0 Å². The molecule has 5 nitrogen and oxygen atoms in total. The van der Waals surface area contributed by atoms with Gasteiger partial charge in [0, 0.05) is 29.7 Å². The standard InChI is InChI=1S/C27H32N4O/c1-22(27(32)29(2)25-11-7-4-8-12-25)28-24-13-15-26(16-14-24)31-19-17-30(18-20-31)21-23-9-5-3-6-10-23/h3-16,22,28H,17-21H2,1-2H3/p+1/t22-/m1/s1. The molecule has 32 heavy (non-hydrogen) atoms. The largest absolute Gasteiger partial charge is 0.374 e. The molecule has 1 heterocycles. The lowest BCUT2D eigenvalue weighted by Crippen LogP contribution is -3.13. The number of benzene rings is 3. The number of hydrogen-bond donors (Lipinski definition) is 2. The molecule has 0 radical (unpaired) electrons. The third-order valence-corrected chi connectivity index (χ3v) is 6.23. The molecule has 1 atom stereocenters. The fraction of sp³-hybridized carbons (Fsp3) is 0.296. The van der Waals surface area contributed by atoms with Gasteiger partial charge < -0.3 is 20.0 Å². The Morgan fingerprint density at radius 1 is 0.938 bits per heavy atom. The van der Waals surface area contributed by atoms with E-state index >= 15 is 0 Å². The van der Waals surface area contributed by atoms with E-state index in [-0.39, 0.29) is 11.9 Å². The Morgan fingerprint density at radius 3 is 2.16 bits per heavy atom. The summed E-state index contributed by atoms with van der Waals surface area (Å²) in [7, 11) is 1.82. The van der Waals surface area contributed by atoms with Crippen molar-refractivity contribution in [3.8, 4) is 0 Å². The second-order valence-corrected chi connectivity index (χ2v) is 8.55. The van der Waals surface area contributed by atoms with Crippen LogP contribution in [0.1, 0.15) is 12.5 Å². The number of para-hydroxylation sites is 1. The number of rotatable bonds is 7. The predicted molar refractivity (Wildman–Crippen MR) is 132 cm³/mol. The van der Waals surface area contributed by atoms with Crippen molar-refractivity contribution in [2.24, 2.45) is 0 Å². The minimum Gasteiger partial charge on any atom is -0.374 e. The highest BCUT2D eigenvalue weighted by atomic mass is 16.2. The van der Waals surface area contributed by atoms with Gasteiger partial charge in [-0.1, -0.05) is 48.5 Å². The first kappa shape index (κ1) is 21.9. The molecule has 1 saturated heterocycles. The maximum absolute atomic E-state index is 12.8. The third-order valence-electron chi connectivity index (χ3n) is 6.23. The molecule has 1 fully saturated rings. The third kappa shape index (κ3) is 5.48. The van der Waals surface area contributed by atoms with E-state index < -0.39 is 0 Å². The Kier molecular flexibility index (Phi) is 7.07. The van der Waals surface area contributed by atoms with Gasteiger partial charge in [0.2, 0.25) is 5.91 Å². The van der Waals surface area contributed by atoms with E-state index in [1.54, 1.807) is 9.80 Å². The van der Waals surface area contributed by atoms with Crippen LogP contribution >= 0.6 is 0 Å². The highest BCUT2D eigenvalue weighted by Crippen LogP contribution is 2.20. The molecule has 0 spiro atoms. The second-order valence-electron chi connectivity index (χ2n) is 8.55. The number of hydrogen-bond acceptors (Lipinski definition) is 3. The molecule has 1 aliphatic rings. The van der Waals surface area contributed by atoms with Crippen LogP contribution in [-0.2, 0) is 11.3 Å². The summed E-state index contributed by atoms with van der Waals surface area (Å²) in [6.45, 7) is 7.42. The van der Waals surface area contributed by atoms with E-state index in [0.717, 1.165) is 44.1 Å². The van der Waals surface area contributed by atoms with Crippen molar-refractivity contribution in [3.05, 3.63) is 90.5 Å². The molecule has 0 unspecified atom stereocenters. The second kappa shape index (κ2) is 10.3. The first-order valence-electron chi connectivity index (χ1n) is 11.4. The minimum absolute atomic E-state index is 0.0396. The van der Waals surface area contributed by atoms with Gasteiger partial charge in [-0.05, 0) is 43.3 Å². The highest BCUT2D eigenvalue weighted by molar-refractivity contribution is 5.98. The summed E-state index contributed by atoms with van der Waals surface area (Å²) in [6.07, 6.45) is 0. The smallest absolute Gasteiger partial charge is 0.248 e. The minimum atomic E-state index is -0.309. The zero-order valence-electron chi connectivity index (χ0n) is 19.0. The molecule has 2 N–H and O–H groups in total. The summed E-state index contributed by atoms with van der Waals surface area (Å²) in [6, 6.07) is 28.6. The lowest BCUT2D eigenvalue weighted by molar-refractivity contribution is -0.914. The van der Waals surface area contributed by atoms with Crippen molar-refractivity contribution in [1.29, 1.82) is 0 Å². The van der Waals surface area contributed by atoms with Crippen molar-refractivity contribution < 1.29 is 9.69 Å². The van der Waals surface area contributed by atoms with Gasteiger partial charge in [-0.15, -0.1) is 0 Å². The maximum atomic E-state index is 12.8. The van der Waals surface area contributed by atoms with Crippen LogP contribution in [0.3, 0.4) is 0 Å². The van der Waals surface area contributed by atoms with Crippen molar-refractivity contribution in [2.75, 3.05) is 48.3 Å². The number of likely N-dealkylation sites (N-methyl/N-ethyl adjacent to an activating group) is 1. The topological polar surface area (TPSA) is 40.0 Å². The van der Waals surface area contributed by atoms with Crippen molar-refractivity contribution >= 4 is 23.0 Å². The van der Waals surface area contributed by atoms with E-state index in [1.807, 2.05) is 44.3 Å². The molecule has 1 aliphatic heterocycles. The Morgan fingerprint density at radius 2 is 1.53 bits per heavy atom. The quantitative estimate of drug-likeness (QED) is 0.607. The van der Waals surface area contributed by atoms with Gasteiger partial charge in [0.25, 0.3) is 0 Å². The number of anilines is 3. The van der Waals surface area contributed by atoms with Gasteiger partial charge in [-0.25, -0.2) is 0 Å². The number of nitrogens with one attached hydrogen (secondary N) is 2.